The highest BCUT2D eigenvalue weighted by molar-refractivity contribution is 7.13. The Labute approximate surface area is 102 Å². The molecule has 0 saturated carbocycles. The molecule has 0 amide bonds. The van der Waals surface area contributed by atoms with Gasteiger partial charge in [0.1, 0.15) is 5.01 Å². The highest BCUT2D eigenvalue weighted by Crippen LogP contribution is 2.29. The molecule has 0 fully saturated rings. The summed E-state index contributed by atoms with van der Waals surface area (Å²) in [5.41, 5.74) is 7.30. The zero-order valence-electron chi connectivity index (χ0n) is 7.71. The van der Waals surface area contributed by atoms with Crippen LogP contribution in [0.4, 0.5) is 0 Å². The molecule has 0 unspecified atom stereocenters. The first-order valence-electron chi connectivity index (χ1n) is 4.30. The van der Waals surface area contributed by atoms with E-state index in [0.29, 0.717) is 16.6 Å². The second-order valence-electron chi connectivity index (χ2n) is 3.01. The van der Waals surface area contributed by atoms with Crippen molar-refractivity contribution in [2.24, 2.45) is 5.73 Å². The van der Waals surface area contributed by atoms with Gasteiger partial charge < -0.3 is 5.73 Å². The summed E-state index contributed by atoms with van der Waals surface area (Å²) < 4.78 is 0. The second-order valence-corrected chi connectivity index (χ2v) is 4.74. The average molecular weight is 259 g/mol. The van der Waals surface area contributed by atoms with E-state index >= 15 is 0 Å². The van der Waals surface area contributed by atoms with Gasteiger partial charge in [-0.3, -0.25) is 0 Å². The Morgan fingerprint density at radius 2 is 1.87 bits per heavy atom. The molecule has 0 saturated heterocycles. The number of benzene rings is 1. The average Bonchev–Trinajstić information content (AvgIpc) is 2.64. The van der Waals surface area contributed by atoms with Gasteiger partial charge in [0.2, 0.25) is 0 Å². The van der Waals surface area contributed by atoms with Gasteiger partial charge in [0.15, 0.2) is 0 Å². The third-order valence-electron chi connectivity index (χ3n) is 1.87. The third kappa shape index (κ3) is 2.49. The van der Waals surface area contributed by atoms with Crippen LogP contribution in [0.15, 0.2) is 23.6 Å². The van der Waals surface area contributed by atoms with Gasteiger partial charge in [-0.2, -0.15) is 0 Å². The number of nitrogens with two attached hydrogens (primary N) is 1. The minimum absolute atomic E-state index is 0.449. The summed E-state index contributed by atoms with van der Waals surface area (Å²) in [5.74, 6) is 0. The predicted molar refractivity (Wildman–Crippen MR) is 65.5 cm³/mol. The summed E-state index contributed by atoms with van der Waals surface area (Å²) in [5, 5.41) is 4.05. The minimum Gasteiger partial charge on any atom is -0.325 e. The molecule has 0 aliphatic heterocycles. The Hall–Kier alpha value is -0.610. The fourth-order valence-corrected chi connectivity index (χ4v) is 2.56. The number of hydrogen-bond donors (Lipinski definition) is 1. The van der Waals surface area contributed by atoms with Crippen LogP contribution in [0.5, 0.6) is 0 Å². The van der Waals surface area contributed by atoms with Crippen LogP contribution >= 0.6 is 34.5 Å². The fraction of sp³-hybridized carbons (Fsp3) is 0.100. The van der Waals surface area contributed by atoms with E-state index in [-0.39, 0.29) is 0 Å². The fourth-order valence-electron chi connectivity index (χ4n) is 1.21. The van der Waals surface area contributed by atoms with Crippen molar-refractivity contribution < 1.29 is 0 Å². The molecule has 1 aromatic heterocycles. The molecule has 0 atom stereocenters. The summed E-state index contributed by atoms with van der Waals surface area (Å²) in [7, 11) is 0. The van der Waals surface area contributed by atoms with Crippen molar-refractivity contribution in [3.05, 3.63) is 39.3 Å². The standard InChI is InChI=1S/C10H8Cl2N2S/c11-7-1-6(2-8(12)3-7)10-14-9(4-13)5-15-10/h1-3,5H,4,13H2. The largest absolute Gasteiger partial charge is 0.325 e. The molecule has 0 spiro atoms. The lowest BCUT2D eigenvalue weighted by molar-refractivity contribution is 1.01. The van der Waals surface area contributed by atoms with Crippen LogP contribution in [0.2, 0.25) is 10.0 Å². The Balaban J connectivity index is 2.44. The molecule has 1 aromatic carbocycles. The van der Waals surface area contributed by atoms with E-state index in [0.717, 1.165) is 16.3 Å². The molecule has 2 N–H and O–H groups in total. The molecular formula is C10H8Cl2N2S. The monoisotopic (exact) mass is 258 g/mol. The second kappa shape index (κ2) is 4.49. The molecule has 0 aliphatic rings. The molecule has 78 valence electrons. The molecule has 0 bridgehead atoms. The number of rotatable bonds is 2. The first-order valence-corrected chi connectivity index (χ1v) is 5.93. The van der Waals surface area contributed by atoms with Crippen molar-refractivity contribution in [1.29, 1.82) is 0 Å². The molecule has 5 heteroatoms. The highest BCUT2D eigenvalue weighted by Gasteiger charge is 2.05. The Bertz CT molecular complexity index is 462. The quantitative estimate of drug-likeness (QED) is 0.895. The SMILES string of the molecule is NCc1csc(-c2cc(Cl)cc(Cl)c2)n1. The van der Waals surface area contributed by atoms with E-state index in [1.165, 1.54) is 11.3 Å². The predicted octanol–water partition coefficient (Wildman–Crippen LogP) is 3.58. The zero-order chi connectivity index (χ0) is 10.8. The number of hydrogen-bond acceptors (Lipinski definition) is 3. The molecule has 0 aliphatic carbocycles. The van der Waals surface area contributed by atoms with Crippen molar-refractivity contribution in [1.82, 2.24) is 4.98 Å². The van der Waals surface area contributed by atoms with Crippen LogP contribution in [-0.2, 0) is 6.54 Å². The van der Waals surface area contributed by atoms with Gasteiger partial charge in [-0.25, -0.2) is 4.98 Å². The van der Waals surface area contributed by atoms with Gasteiger partial charge in [-0.1, -0.05) is 23.2 Å². The molecular weight excluding hydrogens is 251 g/mol. The molecule has 15 heavy (non-hydrogen) atoms. The lowest BCUT2D eigenvalue weighted by Gasteiger charge is -1.98. The van der Waals surface area contributed by atoms with Crippen LogP contribution in [0.25, 0.3) is 10.6 Å². The number of thiazole rings is 1. The van der Waals surface area contributed by atoms with Crippen LogP contribution in [0, 0.1) is 0 Å². The van der Waals surface area contributed by atoms with E-state index in [4.69, 9.17) is 28.9 Å². The summed E-state index contributed by atoms with van der Waals surface area (Å²) in [6.07, 6.45) is 0. The summed E-state index contributed by atoms with van der Waals surface area (Å²) in [6, 6.07) is 5.38. The molecule has 2 rings (SSSR count). The highest BCUT2D eigenvalue weighted by atomic mass is 35.5. The number of nitrogens with zero attached hydrogens (tertiary/aromatic N) is 1. The van der Waals surface area contributed by atoms with Crippen LogP contribution in [-0.4, -0.2) is 4.98 Å². The maximum absolute atomic E-state index is 5.91. The first kappa shape index (κ1) is 10.9. The van der Waals surface area contributed by atoms with Gasteiger partial charge >= 0.3 is 0 Å². The Morgan fingerprint density at radius 3 is 2.40 bits per heavy atom. The van der Waals surface area contributed by atoms with Crippen molar-refractivity contribution in [3.8, 4) is 10.6 Å². The van der Waals surface area contributed by atoms with E-state index in [1.54, 1.807) is 6.07 Å². The van der Waals surface area contributed by atoms with Gasteiger partial charge in [0.25, 0.3) is 0 Å². The van der Waals surface area contributed by atoms with E-state index < -0.39 is 0 Å². The topological polar surface area (TPSA) is 38.9 Å². The summed E-state index contributed by atoms with van der Waals surface area (Å²) >= 11 is 13.4. The van der Waals surface area contributed by atoms with Crippen LogP contribution in [0.3, 0.4) is 0 Å². The maximum Gasteiger partial charge on any atom is 0.123 e. The van der Waals surface area contributed by atoms with Gasteiger partial charge in [-0.15, -0.1) is 11.3 Å². The van der Waals surface area contributed by atoms with Crippen LogP contribution in [0.1, 0.15) is 5.69 Å². The lowest BCUT2D eigenvalue weighted by Crippen LogP contribution is -1.95. The smallest absolute Gasteiger partial charge is 0.123 e. The van der Waals surface area contributed by atoms with Crippen molar-refractivity contribution in [2.75, 3.05) is 0 Å². The normalized spacial score (nSPS) is 10.6. The third-order valence-corrected chi connectivity index (χ3v) is 3.25. The van der Waals surface area contributed by atoms with E-state index in [1.807, 2.05) is 17.5 Å². The van der Waals surface area contributed by atoms with Gasteiger partial charge in [0.05, 0.1) is 5.69 Å². The van der Waals surface area contributed by atoms with E-state index in [9.17, 15) is 0 Å². The summed E-state index contributed by atoms with van der Waals surface area (Å²) in [6.45, 7) is 0.449. The Morgan fingerprint density at radius 1 is 1.20 bits per heavy atom. The summed E-state index contributed by atoms with van der Waals surface area (Å²) in [4.78, 5) is 4.36. The molecule has 0 radical (unpaired) electrons. The Kier molecular flexibility index (Phi) is 3.26. The van der Waals surface area contributed by atoms with E-state index in [2.05, 4.69) is 4.98 Å². The number of halogens is 2. The van der Waals surface area contributed by atoms with Gasteiger partial charge in [-0.05, 0) is 18.2 Å². The van der Waals surface area contributed by atoms with Crippen molar-refractivity contribution >= 4 is 34.5 Å². The first-order chi connectivity index (χ1) is 7.19. The molecule has 1 heterocycles. The maximum atomic E-state index is 5.91. The van der Waals surface area contributed by atoms with Crippen LogP contribution < -0.4 is 5.73 Å². The van der Waals surface area contributed by atoms with Crippen molar-refractivity contribution in [3.63, 3.8) is 0 Å². The minimum atomic E-state index is 0.449. The van der Waals surface area contributed by atoms with Gasteiger partial charge in [0, 0.05) is 27.5 Å². The zero-order valence-corrected chi connectivity index (χ0v) is 10.0. The lowest BCUT2D eigenvalue weighted by atomic mass is 10.2. The number of aromatic nitrogens is 1. The molecule has 2 aromatic rings. The van der Waals surface area contributed by atoms with Crippen molar-refractivity contribution in [2.45, 2.75) is 6.54 Å². The molecule has 2 nitrogen and oxygen atoms in total.